The van der Waals surface area contributed by atoms with E-state index in [1.165, 1.54) is 7.11 Å². The van der Waals surface area contributed by atoms with Crippen LogP contribution in [0.1, 0.15) is 35.2 Å². The van der Waals surface area contributed by atoms with Crippen LogP contribution in [0.2, 0.25) is 0 Å². The molecule has 1 aliphatic heterocycles. The van der Waals surface area contributed by atoms with E-state index in [-0.39, 0.29) is 18.4 Å². The van der Waals surface area contributed by atoms with Gasteiger partial charge in [-0.25, -0.2) is 19.9 Å². The lowest BCUT2D eigenvalue weighted by atomic mass is 10.0. The van der Waals surface area contributed by atoms with Gasteiger partial charge in [-0.15, -0.1) is 0 Å². The van der Waals surface area contributed by atoms with Crippen LogP contribution in [0.25, 0.3) is 0 Å². The Morgan fingerprint density at radius 3 is 2.62 bits per heavy atom. The lowest BCUT2D eigenvalue weighted by molar-refractivity contribution is -0.134. The highest BCUT2D eigenvalue weighted by Crippen LogP contribution is 2.27. The zero-order valence-electron chi connectivity index (χ0n) is 15.6. The fraction of sp³-hybridized carbons (Fsp3) is 0.500. The van der Waals surface area contributed by atoms with Crippen molar-refractivity contribution in [1.29, 1.82) is 0 Å². The summed E-state index contributed by atoms with van der Waals surface area (Å²) < 4.78 is 4.94. The number of aromatic nitrogens is 4. The van der Waals surface area contributed by atoms with Gasteiger partial charge < -0.3 is 15.0 Å². The second kappa shape index (κ2) is 7.74. The molecular formula is C18H24N6O2. The molecule has 1 amide bonds. The third-order valence-corrected chi connectivity index (χ3v) is 4.31. The van der Waals surface area contributed by atoms with Crippen molar-refractivity contribution in [2.45, 2.75) is 33.1 Å². The van der Waals surface area contributed by atoms with Crippen molar-refractivity contribution in [3.05, 3.63) is 35.0 Å². The van der Waals surface area contributed by atoms with Crippen LogP contribution in [0.3, 0.4) is 0 Å². The Balaban J connectivity index is 1.77. The topological polar surface area (TPSA) is 93.1 Å². The normalized spacial score (nSPS) is 16.8. The minimum atomic E-state index is 0.0164. The van der Waals surface area contributed by atoms with Crippen LogP contribution in [-0.4, -0.2) is 57.5 Å². The number of carbonyl (C=O) groups is 1. The lowest BCUT2D eigenvalue weighted by Gasteiger charge is -2.16. The Morgan fingerprint density at radius 1 is 1.19 bits per heavy atom. The van der Waals surface area contributed by atoms with Gasteiger partial charge in [0.2, 0.25) is 11.9 Å². The van der Waals surface area contributed by atoms with E-state index in [9.17, 15) is 4.79 Å². The van der Waals surface area contributed by atoms with E-state index in [0.717, 1.165) is 30.0 Å². The Kier molecular flexibility index (Phi) is 5.41. The van der Waals surface area contributed by atoms with Gasteiger partial charge in [-0.05, 0) is 33.3 Å². The maximum Gasteiger partial charge on any atom is 0.248 e. The zero-order valence-corrected chi connectivity index (χ0v) is 15.6. The molecule has 8 nitrogen and oxygen atoms in total. The largest absolute Gasteiger partial charge is 0.375 e. The highest BCUT2D eigenvalue weighted by Gasteiger charge is 2.28. The number of carbonyl (C=O) groups excluding carboxylic acids is 1. The van der Waals surface area contributed by atoms with E-state index < -0.39 is 0 Å². The van der Waals surface area contributed by atoms with Gasteiger partial charge in [-0.1, -0.05) is 0 Å². The fourth-order valence-electron chi connectivity index (χ4n) is 3.20. The molecule has 0 bridgehead atoms. The van der Waals surface area contributed by atoms with Crippen LogP contribution < -0.4 is 5.32 Å². The van der Waals surface area contributed by atoms with Crippen molar-refractivity contribution in [1.82, 2.24) is 24.8 Å². The smallest absolute Gasteiger partial charge is 0.248 e. The van der Waals surface area contributed by atoms with E-state index in [4.69, 9.17) is 4.74 Å². The van der Waals surface area contributed by atoms with Gasteiger partial charge >= 0.3 is 0 Å². The minimum Gasteiger partial charge on any atom is -0.375 e. The van der Waals surface area contributed by atoms with E-state index in [1.807, 2.05) is 37.8 Å². The predicted octanol–water partition coefficient (Wildman–Crippen LogP) is 1.90. The third-order valence-electron chi connectivity index (χ3n) is 4.31. The molecule has 138 valence electrons. The summed E-state index contributed by atoms with van der Waals surface area (Å²) in [5.41, 5.74) is 2.72. The summed E-state index contributed by atoms with van der Waals surface area (Å²) in [6.45, 7) is 7.21. The van der Waals surface area contributed by atoms with E-state index in [1.54, 1.807) is 0 Å². The second-order valence-electron chi connectivity index (χ2n) is 6.58. The Bertz CT molecular complexity index is 790. The fourth-order valence-corrected chi connectivity index (χ4v) is 3.20. The van der Waals surface area contributed by atoms with Gasteiger partial charge in [0.05, 0.1) is 5.69 Å². The van der Waals surface area contributed by atoms with Crippen molar-refractivity contribution in [2.75, 3.05) is 32.1 Å². The number of aryl methyl sites for hydroxylation is 3. The Labute approximate surface area is 153 Å². The first kappa shape index (κ1) is 18.2. The van der Waals surface area contributed by atoms with E-state index in [2.05, 4.69) is 25.3 Å². The van der Waals surface area contributed by atoms with Crippen LogP contribution in [0.4, 0.5) is 11.8 Å². The van der Waals surface area contributed by atoms with Gasteiger partial charge in [-0.2, -0.15) is 0 Å². The molecular weight excluding hydrogens is 332 g/mol. The maximum absolute atomic E-state index is 12.0. The molecule has 3 heterocycles. The minimum absolute atomic E-state index is 0.0164. The Morgan fingerprint density at radius 2 is 1.92 bits per heavy atom. The molecule has 3 rings (SSSR count). The number of nitrogens with one attached hydrogen (secondary N) is 1. The van der Waals surface area contributed by atoms with Crippen molar-refractivity contribution in [3.8, 4) is 0 Å². The van der Waals surface area contributed by atoms with Gasteiger partial charge in [0.25, 0.3) is 0 Å². The number of nitrogens with zero attached hydrogens (tertiary/aromatic N) is 5. The van der Waals surface area contributed by atoms with Crippen LogP contribution in [0, 0.1) is 20.8 Å². The monoisotopic (exact) mass is 356 g/mol. The van der Waals surface area contributed by atoms with Crippen LogP contribution in [0.5, 0.6) is 0 Å². The van der Waals surface area contributed by atoms with Crippen LogP contribution >= 0.6 is 0 Å². The number of rotatable bonds is 5. The van der Waals surface area contributed by atoms with Gasteiger partial charge in [0, 0.05) is 43.6 Å². The summed E-state index contributed by atoms with van der Waals surface area (Å²) in [6, 6.07) is 3.84. The SMILES string of the molecule is COCC(=O)N1CCC(c2cc(Nc3nc(C)cc(C)n3)nc(C)n2)C1. The number of likely N-dealkylation sites (tertiary alicyclic amines) is 1. The van der Waals surface area contributed by atoms with Crippen molar-refractivity contribution in [3.63, 3.8) is 0 Å². The average Bonchev–Trinajstić information content (AvgIpc) is 3.03. The van der Waals surface area contributed by atoms with Gasteiger partial charge in [-0.3, -0.25) is 4.79 Å². The molecule has 0 aliphatic carbocycles. The summed E-state index contributed by atoms with van der Waals surface area (Å²) in [5, 5.41) is 3.17. The third kappa shape index (κ3) is 4.32. The number of hydrogen-bond acceptors (Lipinski definition) is 7. The molecule has 0 spiro atoms. The number of anilines is 2. The molecule has 1 N–H and O–H groups in total. The molecule has 8 heteroatoms. The molecule has 2 aromatic rings. The molecule has 2 aromatic heterocycles. The molecule has 1 atom stereocenters. The molecule has 26 heavy (non-hydrogen) atoms. The van der Waals surface area contributed by atoms with E-state index in [0.29, 0.717) is 24.1 Å². The first-order valence-electron chi connectivity index (χ1n) is 8.66. The first-order valence-corrected chi connectivity index (χ1v) is 8.66. The van der Waals surface area contributed by atoms with Gasteiger partial charge in [0.1, 0.15) is 18.2 Å². The van der Waals surface area contributed by atoms with Gasteiger partial charge in [0.15, 0.2) is 0 Å². The molecule has 1 fully saturated rings. The van der Waals surface area contributed by atoms with Crippen molar-refractivity contribution in [2.24, 2.45) is 0 Å². The standard InChI is InChI=1S/C18H24N6O2/c1-11-7-12(2)20-18(19-11)23-16-8-15(21-13(3)22-16)14-5-6-24(9-14)17(25)10-26-4/h7-8,14H,5-6,9-10H2,1-4H3,(H,19,20,21,22,23). The average molecular weight is 356 g/mol. The summed E-state index contributed by atoms with van der Waals surface area (Å²) in [5.74, 6) is 2.08. The van der Waals surface area contributed by atoms with Crippen molar-refractivity contribution < 1.29 is 9.53 Å². The number of methoxy groups -OCH3 is 1. The van der Waals surface area contributed by atoms with Crippen molar-refractivity contribution >= 4 is 17.7 Å². The summed E-state index contributed by atoms with van der Waals surface area (Å²) >= 11 is 0. The maximum atomic E-state index is 12.0. The quantitative estimate of drug-likeness (QED) is 0.874. The highest BCUT2D eigenvalue weighted by atomic mass is 16.5. The second-order valence-corrected chi connectivity index (χ2v) is 6.58. The predicted molar refractivity (Wildman–Crippen MR) is 97.4 cm³/mol. The molecule has 1 saturated heterocycles. The Hall–Kier alpha value is -2.61. The number of ether oxygens (including phenoxy) is 1. The van der Waals surface area contributed by atoms with Crippen LogP contribution in [0.15, 0.2) is 12.1 Å². The summed E-state index contributed by atoms with van der Waals surface area (Å²) in [4.78, 5) is 31.6. The molecule has 1 unspecified atom stereocenters. The molecule has 1 aliphatic rings. The van der Waals surface area contributed by atoms with E-state index >= 15 is 0 Å². The number of amides is 1. The molecule has 0 aromatic carbocycles. The zero-order chi connectivity index (χ0) is 18.7. The van der Waals surface area contributed by atoms with Crippen LogP contribution in [-0.2, 0) is 9.53 Å². The number of hydrogen-bond donors (Lipinski definition) is 1. The lowest BCUT2D eigenvalue weighted by Crippen LogP contribution is -2.31. The highest BCUT2D eigenvalue weighted by molar-refractivity contribution is 5.77. The molecule has 0 radical (unpaired) electrons. The summed E-state index contributed by atoms with van der Waals surface area (Å²) in [7, 11) is 1.53. The molecule has 0 saturated carbocycles. The summed E-state index contributed by atoms with van der Waals surface area (Å²) in [6.07, 6.45) is 0.880. The first-order chi connectivity index (χ1) is 12.4.